The Labute approximate surface area is 93.2 Å². The normalized spacial score (nSPS) is 9.57. The van der Waals surface area contributed by atoms with Gasteiger partial charge in [-0.05, 0) is 30.7 Å². The summed E-state index contributed by atoms with van der Waals surface area (Å²) in [5.74, 6) is 0.848. The Hall–Kier alpha value is -1.02. The molecule has 0 bridgehead atoms. The molecule has 1 aromatic rings. The third-order valence-corrected chi connectivity index (χ3v) is 2.25. The molecule has 0 aliphatic rings. The zero-order valence-corrected chi connectivity index (χ0v) is 9.80. The maximum Gasteiger partial charge on any atom is 0.127 e. The SMILES string of the molecule is C=CCOc1ccc(Br)cc1C(=C)C. The Bertz CT molecular complexity index is 355. The molecule has 0 amide bonds. The van der Waals surface area contributed by atoms with Crippen molar-refractivity contribution >= 4 is 21.5 Å². The van der Waals surface area contributed by atoms with E-state index in [-0.39, 0.29) is 0 Å². The Balaban J connectivity index is 3.01. The molecule has 1 aromatic carbocycles. The summed E-state index contributed by atoms with van der Waals surface area (Å²) in [4.78, 5) is 0. The minimum atomic E-state index is 0.516. The van der Waals surface area contributed by atoms with E-state index >= 15 is 0 Å². The lowest BCUT2D eigenvalue weighted by molar-refractivity contribution is 0.362. The van der Waals surface area contributed by atoms with E-state index in [2.05, 4.69) is 29.1 Å². The molecule has 0 saturated carbocycles. The van der Waals surface area contributed by atoms with Gasteiger partial charge in [-0.2, -0.15) is 0 Å². The molecule has 74 valence electrons. The fourth-order valence-corrected chi connectivity index (χ4v) is 1.47. The number of allylic oxidation sites excluding steroid dienone is 1. The van der Waals surface area contributed by atoms with Crippen LogP contribution >= 0.6 is 15.9 Å². The van der Waals surface area contributed by atoms with E-state index in [9.17, 15) is 0 Å². The van der Waals surface area contributed by atoms with Gasteiger partial charge in [0.1, 0.15) is 12.4 Å². The van der Waals surface area contributed by atoms with Gasteiger partial charge in [-0.3, -0.25) is 0 Å². The molecule has 1 rings (SSSR count). The van der Waals surface area contributed by atoms with E-state index in [1.54, 1.807) is 6.08 Å². The van der Waals surface area contributed by atoms with Crippen molar-refractivity contribution in [1.29, 1.82) is 0 Å². The molecule has 0 N–H and O–H groups in total. The summed E-state index contributed by atoms with van der Waals surface area (Å²) in [6.07, 6.45) is 1.73. The lowest BCUT2D eigenvalue weighted by atomic mass is 10.1. The largest absolute Gasteiger partial charge is 0.489 e. The lowest BCUT2D eigenvalue weighted by Gasteiger charge is -2.10. The summed E-state index contributed by atoms with van der Waals surface area (Å²) >= 11 is 3.42. The van der Waals surface area contributed by atoms with Crippen molar-refractivity contribution in [3.05, 3.63) is 47.5 Å². The van der Waals surface area contributed by atoms with Crippen LogP contribution in [0.3, 0.4) is 0 Å². The van der Waals surface area contributed by atoms with Gasteiger partial charge in [0.15, 0.2) is 0 Å². The van der Waals surface area contributed by atoms with Crippen molar-refractivity contribution in [2.75, 3.05) is 6.61 Å². The third-order valence-electron chi connectivity index (χ3n) is 1.76. The van der Waals surface area contributed by atoms with Crippen molar-refractivity contribution in [3.63, 3.8) is 0 Å². The molecule has 14 heavy (non-hydrogen) atoms. The van der Waals surface area contributed by atoms with E-state index < -0.39 is 0 Å². The Morgan fingerprint density at radius 1 is 1.57 bits per heavy atom. The van der Waals surface area contributed by atoms with Crippen LogP contribution in [0, 0.1) is 0 Å². The van der Waals surface area contributed by atoms with Crippen LogP contribution in [-0.2, 0) is 0 Å². The smallest absolute Gasteiger partial charge is 0.127 e. The van der Waals surface area contributed by atoms with E-state index in [0.29, 0.717) is 6.61 Å². The molecule has 0 fully saturated rings. The maximum absolute atomic E-state index is 5.50. The average Bonchev–Trinajstić information content (AvgIpc) is 2.15. The molecule has 0 atom stereocenters. The van der Waals surface area contributed by atoms with Gasteiger partial charge in [0.2, 0.25) is 0 Å². The van der Waals surface area contributed by atoms with Crippen molar-refractivity contribution < 1.29 is 4.74 Å². The predicted octanol–water partition coefficient (Wildman–Crippen LogP) is 4.05. The topological polar surface area (TPSA) is 9.23 Å². The van der Waals surface area contributed by atoms with E-state index in [1.807, 2.05) is 25.1 Å². The zero-order valence-electron chi connectivity index (χ0n) is 8.22. The van der Waals surface area contributed by atoms with E-state index in [0.717, 1.165) is 21.4 Å². The molecule has 0 spiro atoms. The second kappa shape index (κ2) is 5.01. The second-order valence-electron chi connectivity index (χ2n) is 3.02. The summed E-state index contributed by atoms with van der Waals surface area (Å²) < 4.78 is 6.53. The highest BCUT2D eigenvalue weighted by molar-refractivity contribution is 9.10. The van der Waals surface area contributed by atoms with Crippen LogP contribution in [0.15, 0.2) is 41.9 Å². The summed E-state index contributed by atoms with van der Waals surface area (Å²) in [5.41, 5.74) is 2.02. The molecule has 0 saturated heterocycles. The zero-order chi connectivity index (χ0) is 10.6. The predicted molar refractivity (Wildman–Crippen MR) is 64.5 cm³/mol. The fourth-order valence-electron chi connectivity index (χ4n) is 1.11. The van der Waals surface area contributed by atoms with Gasteiger partial charge in [-0.15, -0.1) is 0 Å². The van der Waals surface area contributed by atoms with Gasteiger partial charge >= 0.3 is 0 Å². The van der Waals surface area contributed by atoms with Gasteiger partial charge in [-0.25, -0.2) is 0 Å². The first-order valence-electron chi connectivity index (χ1n) is 4.34. The summed E-state index contributed by atoms with van der Waals surface area (Å²) in [5, 5.41) is 0. The van der Waals surface area contributed by atoms with Crippen molar-refractivity contribution in [2.45, 2.75) is 6.92 Å². The molecule has 1 nitrogen and oxygen atoms in total. The number of hydrogen-bond donors (Lipinski definition) is 0. The van der Waals surface area contributed by atoms with Crippen molar-refractivity contribution in [1.82, 2.24) is 0 Å². The second-order valence-corrected chi connectivity index (χ2v) is 3.94. The molecular weight excluding hydrogens is 240 g/mol. The highest BCUT2D eigenvalue weighted by Gasteiger charge is 2.04. The first-order valence-corrected chi connectivity index (χ1v) is 5.13. The Morgan fingerprint density at radius 2 is 2.29 bits per heavy atom. The molecule has 0 radical (unpaired) electrons. The van der Waals surface area contributed by atoms with Gasteiger partial charge < -0.3 is 4.74 Å². The monoisotopic (exact) mass is 252 g/mol. The number of ether oxygens (including phenoxy) is 1. The van der Waals surface area contributed by atoms with Gasteiger partial charge in [0, 0.05) is 10.0 Å². The summed E-state index contributed by atoms with van der Waals surface area (Å²) in [6.45, 7) is 10.00. The molecule has 0 aliphatic carbocycles. The van der Waals surface area contributed by atoms with E-state index in [4.69, 9.17) is 4.74 Å². The first-order chi connectivity index (χ1) is 6.65. The van der Waals surface area contributed by atoms with Crippen LogP contribution in [-0.4, -0.2) is 6.61 Å². The number of halogens is 1. The molecular formula is C12H13BrO. The van der Waals surface area contributed by atoms with Crippen LogP contribution in [0.1, 0.15) is 12.5 Å². The van der Waals surface area contributed by atoms with Crippen LogP contribution < -0.4 is 4.74 Å². The molecule has 0 heterocycles. The third kappa shape index (κ3) is 2.74. The minimum Gasteiger partial charge on any atom is -0.489 e. The lowest BCUT2D eigenvalue weighted by Crippen LogP contribution is -1.96. The average molecular weight is 253 g/mol. The highest BCUT2D eigenvalue weighted by atomic mass is 79.9. The van der Waals surface area contributed by atoms with Crippen LogP contribution in [0.2, 0.25) is 0 Å². The molecule has 0 aromatic heterocycles. The number of rotatable bonds is 4. The van der Waals surface area contributed by atoms with Gasteiger partial charge in [0.25, 0.3) is 0 Å². The van der Waals surface area contributed by atoms with Crippen molar-refractivity contribution in [2.24, 2.45) is 0 Å². The molecule has 0 unspecified atom stereocenters. The minimum absolute atomic E-state index is 0.516. The van der Waals surface area contributed by atoms with Crippen LogP contribution in [0.25, 0.3) is 5.57 Å². The first kappa shape index (κ1) is 11.1. The summed E-state index contributed by atoms with van der Waals surface area (Å²) in [7, 11) is 0. The maximum atomic E-state index is 5.50. The van der Waals surface area contributed by atoms with Gasteiger partial charge in [-0.1, -0.05) is 35.2 Å². The van der Waals surface area contributed by atoms with Crippen molar-refractivity contribution in [3.8, 4) is 5.75 Å². The van der Waals surface area contributed by atoms with Crippen LogP contribution in [0.5, 0.6) is 5.75 Å². The Kier molecular flexibility index (Phi) is 3.96. The quantitative estimate of drug-likeness (QED) is 0.735. The van der Waals surface area contributed by atoms with E-state index in [1.165, 1.54) is 0 Å². The standard InChI is InChI=1S/C12H13BrO/c1-4-7-14-12-6-5-10(13)8-11(12)9(2)3/h4-6,8H,1-2,7H2,3H3. The molecule has 0 aliphatic heterocycles. The summed E-state index contributed by atoms with van der Waals surface area (Å²) in [6, 6.07) is 5.88. The number of benzene rings is 1. The van der Waals surface area contributed by atoms with Gasteiger partial charge in [0.05, 0.1) is 0 Å². The highest BCUT2D eigenvalue weighted by Crippen LogP contribution is 2.28. The van der Waals surface area contributed by atoms with Crippen LogP contribution in [0.4, 0.5) is 0 Å². The Morgan fingerprint density at radius 3 is 2.86 bits per heavy atom. The number of hydrogen-bond acceptors (Lipinski definition) is 1. The molecule has 2 heteroatoms. The fraction of sp³-hybridized carbons (Fsp3) is 0.167.